The predicted molar refractivity (Wildman–Crippen MR) is 84.9 cm³/mol. The first-order valence-corrected chi connectivity index (χ1v) is 7.51. The van der Waals surface area contributed by atoms with E-state index in [-0.39, 0.29) is 11.0 Å². The second-order valence-corrected chi connectivity index (χ2v) is 6.49. The van der Waals surface area contributed by atoms with Crippen LogP contribution in [0.5, 0.6) is 0 Å². The van der Waals surface area contributed by atoms with Crippen molar-refractivity contribution in [3.63, 3.8) is 0 Å². The summed E-state index contributed by atoms with van der Waals surface area (Å²) in [7, 11) is 0. The average molecular weight is 307 g/mol. The van der Waals surface area contributed by atoms with Gasteiger partial charge in [-0.3, -0.25) is 9.89 Å². The largest absolute Gasteiger partial charge is 0.300 e. The standard InChI is InChI=1S/C14H21N5OS/c1-5-6-7-19-11(16-18-13(19)21)9-8-10(14(2,3)4)15-17-12(9)20/h8H,5-7H2,1-4H3,(H,17,20)(H,18,21). The van der Waals surface area contributed by atoms with E-state index in [1.165, 1.54) is 0 Å². The van der Waals surface area contributed by atoms with Crippen LogP contribution < -0.4 is 5.56 Å². The fraction of sp³-hybridized carbons (Fsp3) is 0.571. The van der Waals surface area contributed by atoms with E-state index in [4.69, 9.17) is 12.2 Å². The van der Waals surface area contributed by atoms with Gasteiger partial charge in [-0.2, -0.15) is 10.2 Å². The van der Waals surface area contributed by atoms with E-state index < -0.39 is 0 Å². The van der Waals surface area contributed by atoms with Crippen LogP contribution in [0.3, 0.4) is 0 Å². The molecule has 0 radical (unpaired) electrons. The van der Waals surface area contributed by atoms with Crippen LogP contribution in [-0.2, 0) is 12.0 Å². The molecule has 0 aromatic carbocycles. The van der Waals surface area contributed by atoms with Crippen molar-refractivity contribution in [1.29, 1.82) is 0 Å². The van der Waals surface area contributed by atoms with Crippen LogP contribution in [-0.4, -0.2) is 25.0 Å². The van der Waals surface area contributed by atoms with E-state index in [2.05, 4.69) is 27.3 Å². The van der Waals surface area contributed by atoms with E-state index in [0.717, 1.165) is 25.1 Å². The molecule has 0 aliphatic heterocycles. The zero-order valence-electron chi connectivity index (χ0n) is 12.9. The maximum atomic E-state index is 12.1. The molecule has 0 aliphatic carbocycles. The number of hydrogen-bond donors (Lipinski definition) is 2. The Balaban J connectivity index is 2.57. The topological polar surface area (TPSA) is 79.4 Å². The summed E-state index contributed by atoms with van der Waals surface area (Å²) in [6.07, 6.45) is 2.03. The Morgan fingerprint density at radius 1 is 1.29 bits per heavy atom. The van der Waals surface area contributed by atoms with Crippen molar-refractivity contribution < 1.29 is 0 Å². The predicted octanol–water partition coefficient (Wildman–Crippen LogP) is 2.79. The highest BCUT2D eigenvalue weighted by Gasteiger charge is 2.20. The third kappa shape index (κ3) is 3.29. The van der Waals surface area contributed by atoms with Crippen LogP contribution in [0.4, 0.5) is 0 Å². The summed E-state index contributed by atoms with van der Waals surface area (Å²) in [6, 6.07) is 1.80. The molecule has 114 valence electrons. The molecular weight excluding hydrogens is 286 g/mol. The minimum atomic E-state index is -0.255. The molecule has 2 aromatic heterocycles. The Kier molecular flexibility index (Phi) is 4.41. The van der Waals surface area contributed by atoms with E-state index in [0.29, 0.717) is 16.2 Å². The first-order chi connectivity index (χ1) is 9.84. The molecule has 2 N–H and O–H groups in total. The lowest BCUT2D eigenvalue weighted by molar-refractivity contribution is 0.557. The third-order valence-corrected chi connectivity index (χ3v) is 3.62. The molecular formula is C14H21N5OS. The quantitative estimate of drug-likeness (QED) is 0.851. The summed E-state index contributed by atoms with van der Waals surface area (Å²) in [5.41, 5.74) is 0.904. The molecule has 0 saturated carbocycles. The number of nitrogens with one attached hydrogen (secondary N) is 2. The van der Waals surface area contributed by atoms with E-state index in [1.807, 2.05) is 25.3 Å². The Morgan fingerprint density at radius 3 is 2.62 bits per heavy atom. The van der Waals surface area contributed by atoms with Gasteiger partial charge in [-0.25, -0.2) is 5.10 Å². The minimum absolute atomic E-state index is 0.152. The van der Waals surface area contributed by atoms with Crippen LogP contribution in [0.2, 0.25) is 0 Å². The number of H-pyrrole nitrogens is 2. The Labute approximate surface area is 128 Å². The van der Waals surface area contributed by atoms with E-state index in [1.54, 1.807) is 6.07 Å². The normalized spacial score (nSPS) is 11.8. The zero-order chi connectivity index (χ0) is 15.6. The molecule has 0 amide bonds. The van der Waals surface area contributed by atoms with E-state index >= 15 is 0 Å². The SMILES string of the molecule is CCCCn1c(-c2cc(C(C)(C)C)n[nH]c2=O)n[nH]c1=S. The van der Waals surface area contributed by atoms with Crippen LogP contribution in [0, 0.1) is 4.77 Å². The molecule has 2 rings (SSSR count). The van der Waals surface area contributed by atoms with Gasteiger partial charge < -0.3 is 4.57 Å². The molecule has 6 nitrogen and oxygen atoms in total. The molecule has 0 unspecified atom stereocenters. The van der Waals surface area contributed by atoms with Gasteiger partial charge in [0.25, 0.3) is 5.56 Å². The molecule has 21 heavy (non-hydrogen) atoms. The molecule has 2 aromatic rings. The third-order valence-electron chi connectivity index (χ3n) is 3.31. The van der Waals surface area contributed by atoms with Gasteiger partial charge in [0, 0.05) is 12.0 Å². The molecule has 0 atom stereocenters. The summed E-state index contributed by atoms with van der Waals surface area (Å²) < 4.78 is 2.41. The van der Waals surface area contributed by atoms with Crippen molar-refractivity contribution in [2.24, 2.45) is 0 Å². The van der Waals surface area contributed by atoms with Gasteiger partial charge in [-0.05, 0) is 24.7 Å². The number of unbranched alkanes of at least 4 members (excludes halogenated alkanes) is 1. The Bertz CT molecular complexity index is 735. The number of hydrogen-bond acceptors (Lipinski definition) is 4. The summed E-state index contributed by atoms with van der Waals surface area (Å²) in [5.74, 6) is 0.572. The average Bonchev–Trinajstić information content (AvgIpc) is 2.77. The number of nitrogens with zero attached hydrogens (tertiary/aromatic N) is 3. The maximum absolute atomic E-state index is 12.1. The summed E-state index contributed by atoms with van der Waals surface area (Å²) in [6.45, 7) is 9.00. The van der Waals surface area contributed by atoms with Crippen molar-refractivity contribution in [2.75, 3.05) is 0 Å². The summed E-state index contributed by atoms with van der Waals surface area (Å²) in [5, 5.41) is 13.7. The van der Waals surface area contributed by atoms with E-state index in [9.17, 15) is 4.79 Å². The van der Waals surface area contributed by atoms with Crippen LogP contribution in [0.15, 0.2) is 10.9 Å². The number of aromatic nitrogens is 5. The van der Waals surface area contributed by atoms with Gasteiger partial charge >= 0.3 is 0 Å². The first-order valence-electron chi connectivity index (χ1n) is 7.10. The molecule has 0 bridgehead atoms. The lowest BCUT2D eigenvalue weighted by Crippen LogP contribution is -2.21. The first kappa shape index (κ1) is 15.6. The van der Waals surface area contributed by atoms with Gasteiger partial charge in [-0.1, -0.05) is 34.1 Å². The smallest absolute Gasteiger partial charge is 0.275 e. The minimum Gasteiger partial charge on any atom is -0.300 e. The maximum Gasteiger partial charge on any atom is 0.275 e. The van der Waals surface area contributed by atoms with Crippen LogP contribution >= 0.6 is 12.2 Å². The summed E-state index contributed by atoms with van der Waals surface area (Å²) >= 11 is 5.25. The fourth-order valence-corrected chi connectivity index (χ4v) is 2.23. The van der Waals surface area contributed by atoms with Gasteiger partial charge in [0.15, 0.2) is 10.6 Å². The number of aromatic amines is 2. The molecule has 2 heterocycles. The number of rotatable bonds is 4. The Hall–Kier alpha value is -1.76. The summed E-state index contributed by atoms with van der Waals surface area (Å²) in [4.78, 5) is 12.1. The second kappa shape index (κ2) is 5.93. The van der Waals surface area contributed by atoms with Crippen molar-refractivity contribution in [1.82, 2.24) is 25.0 Å². The molecule has 0 saturated heterocycles. The van der Waals surface area contributed by atoms with Crippen molar-refractivity contribution in [3.8, 4) is 11.4 Å². The molecule has 0 fully saturated rings. The highest BCUT2D eigenvalue weighted by atomic mass is 32.1. The van der Waals surface area contributed by atoms with Crippen molar-refractivity contribution in [2.45, 2.75) is 52.5 Å². The monoisotopic (exact) mass is 307 g/mol. The molecule has 0 spiro atoms. The highest BCUT2D eigenvalue weighted by molar-refractivity contribution is 7.71. The molecule has 7 heteroatoms. The zero-order valence-corrected chi connectivity index (χ0v) is 13.7. The van der Waals surface area contributed by atoms with Gasteiger partial charge in [0.1, 0.15) is 0 Å². The van der Waals surface area contributed by atoms with Crippen LogP contribution in [0.25, 0.3) is 11.4 Å². The van der Waals surface area contributed by atoms with Crippen LogP contribution in [0.1, 0.15) is 46.2 Å². The van der Waals surface area contributed by atoms with Gasteiger partial charge in [0.05, 0.1) is 11.3 Å². The lowest BCUT2D eigenvalue weighted by Gasteiger charge is -2.17. The van der Waals surface area contributed by atoms with Crippen molar-refractivity contribution >= 4 is 12.2 Å². The van der Waals surface area contributed by atoms with Crippen molar-refractivity contribution in [3.05, 3.63) is 26.9 Å². The second-order valence-electron chi connectivity index (χ2n) is 6.10. The van der Waals surface area contributed by atoms with Gasteiger partial charge in [0.2, 0.25) is 0 Å². The lowest BCUT2D eigenvalue weighted by atomic mass is 9.91. The Morgan fingerprint density at radius 2 is 2.00 bits per heavy atom. The molecule has 0 aliphatic rings. The fourth-order valence-electron chi connectivity index (χ4n) is 2.00. The highest BCUT2D eigenvalue weighted by Crippen LogP contribution is 2.22. The van der Waals surface area contributed by atoms with Gasteiger partial charge in [-0.15, -0.1) is 0 Å².